The average molecular weight is 240 g/mol. The van der Waals surface area contributed by atoms with Gasteiger partial charge >= 0.3 is 0 Å². The molecule has 3 heteroatoms. The highest BCUT2D eigenvalue weighted by Gasteiger charge is 2.09. The number of carbonyl (C=O) groups is 1. The van der Waals surface area contributed by atoms with Gasteiger partial charge in [0.15, 0.2) is 0 Å². The molecule has 2 rings (SSSR count). The van der Waals surface area contributed by atoms with Gasteiger partial charge in [-0.2, -0.15) is 0 Å². The summed E-state index contributed by atoms with van der Waals surface area (Å²) >= 11 is 0. The molecular weight excluding hydrogens is 224 g/mol. The van der Waals surface area contributed by atoms with Gasteiger partial charge in [0, 0.05) is 11.9 Å². The van der Waals surface area contributed by atoms with Crippen molar-refractivity contribution in [2.45, 2.75) is 19.8 Å². The third-order valence-corrected chi connectivity index (χ3v) is 2.71. The molecule has 0 unspecified atom stereocenters. The Morgan fingerprint density at radius 3 is 2.56 bits per heavy atom. The van der Waals surface area contributed by atoms with E-state index in [4.69, 9.17) is 0 Å². The lowest BCUT2D eigenvalue weighted by atomic mass is 10.0. The minimum atomic E-state index is -0.177. The largest absolute Gasteiger partial charge is 0.321 e. The Morgan fingerprint density at radius 2 is 1.89 bits per heavy atom. The number of hydrogen-bond donors (Lipinski definition) is 1. The van der Waals surface area contributed by atoms with Crippen LogP contribution in [0.15, 0.2) is 48.7 Å². The van der Waals surface area contributed by atoms with E-state index in [9.17, 15) is 4.79 Å². The van der Waals surface area contributed by atoms with E-state index in [-0.39, 0.29) is 5.91 Å². The van der Waals surface area contributed by atoms with Crippen molar-refractivity contribution in [2.75, 3.05) is 5.32 Å². The van der Waals surface area contributed by atoms with Crippen molar-refractivity contribution in [2.24, 2.45) is 0 Å². The van der Waals surface area contributed by atoms with E-state index in [0.29, 0.717) is 11.6 Å². The molecule has 1 N–H and O–H groups in total. The zero-order chi connectivity index (χ0) is 13.0. The van der Waals surface area contributed by atoms with Gasteiger partial charge in [-0.15, -0.1) is 0 Å². The maximum Gasteiger partial charge on any atom is 0.274 e. The number of benzene rings is 1. The number of hydrogen-bond acceptors (Lipinski definition) is 2. The van der Waals surface area contributed by atoms with Crippen LogP contribution in [-0.4, -0.2) is 10.9 Å². The molecule has 2 aromatic rings. The van der Waals surface area contributed by atoms with Crippen molar-refractivity contribution < 1.29 is 4.79 Å². The zero-order valence-electron chi connectivity index (χ0n) is 10.6. The maximum atomic E-state index is 12.0. The molecule has 0 aliphatic carbocycles. The third-order valence-electron chi connectivity index (χ3n) is 2.71. The molecule has 18 heavy (non-hydrogen) atoms. The van der Waals surface area contributed by atoms with Crippen LogP contribution in [0.25, 0.3) is 0 Å². The van der Waals surface area contributed by atoms with E-state index < -0.39 is 0 Å². The summed E-state index contributed by atoms with van der Waals surface area (Å²) in [4.78, 5) is 16.1. The second-order valence-corrected chi connectivity index (χ2v) is 4.45. The Balaban J connectivity index is 2.16. The summed E-state index contributed by atoms with van der Waals surface area (Å²) in [6, 6.07) is 13.1. The minimum Gasteiger partial charge on any atom is -0.321 e. The second-order valence-electron chi connectivity index (χ2n) is 4.45. The summed E-state index contributed by atoms with van der Waals surface area (Å²) in [6.07, 6.45) is 1.68. The van der Waals surface area contributed by atoms with Crippen molar-refractivity contribution in [1.82, 2.24) is 4.98 Å². The lowest BCUT2D eigenvalue weighted by Gasteiger charge is -2.08. The Morgan fingerprint density at radius 1 is 1.17 bits per heavy atom. The maximum absolute atomic E-state index is 12.0. The van der Waals surface area contributed by atoms with Crippen LogP contribution in [0.1, 0.15) is 35.8 Å². The van der Waals surface area contributed by atoms with Gasteiger partial charge in [0.1, 0.15) is 5.69 Å². The van der Waals surface area contributed by atoms with E-state index in [2.05, 4.69) is 24.1 Å². The van der Waals surface area contributed by atoms with Gasteiger partial charge in [-0.3, -0.25) is 9.78 Å². The minimum absolute atomic E-state index is 0.177. The summed E-state index contributed by atoms with van der Waals surface area (Å²) < 4.78 is 0. The molecule has 0 fully saturated rings. The molecule has 0 atom stereocenters. The van der Waals surface area contributed by atoms with E-state index in [1.54, 1.807) is 6.20 Å². The van der Waals surface area contributed by atoms with Crippen LogP contribution in [-0.2, 0) is 0 Å². The molecule has 1 aromatic heterocycles. The SMILES string of the molecule is CC(C)c1ccnc(C(=O)Nc2ccccc2)c1. The lowest BCUT2D eigenvalue weighted by Crippen LogP contribution is -2.13. The standard InChI is InChI=1S/C15H16N2O/c1-11(2)12-8-9-16-14(10-12)15(18)17-13-6-4-3-5-7-13/h3-11H,1-2H3,(H,17,18). The number of rotatable bonds is 3. The van der Waals surface area contributed by atoms with Crippen molar-refractivity contribution in [3.8, 4) is 0 Å². The topological polar surface area (TPSA) is 42.0 Å². The molecule has 1 amide bonds. The van der Waals surface area contributed by atoms with Gasteiger partial charge in [0.05, 0.1) is 0 Å². The molecule has 0 bridgehead atoms. The normalized spacial score (nSPS) is 10.4. The quantitative estimate of drug-likeness (QED) is 0.892. The number of nitrogens with zero attached hydrogens (tertiary/aromatic N) is 1. The number of carbonyl (C=O) groups excluding carboxylic acids is 1. The predicted molar refractivity (Wildman–Crippen MR) is 72.7 cm³/mol. The van der Waals surface area contributed by atoms with E-state index >= 15 is 0 Å². The van der Waals surface area contributed by atoms with Gasteiger partial charge < -0.3 is 5.32 Å². The summed E-state index contributed by atoms with van der Waals surface area (Å²) in [6.45, 7) is 4.18. The van der Waals surface area contributed by atoms with Crippen LogP contribution < -0.4 is 5.32 Å². The molecule has 0 aliphatic heterocycles. The van der Waals surface area contributed by atoms with E-state index in [1.165, 1.54) is 0 Å². The molecule has 1 heterocycles. The fourth-order valence-electron chi connectivity index (χ4n) is 1.65. The Bertz CT molecular complexity index is 535. The van der Waals surface area contributed by atoms with E-state index in [1.807, 2.05) is 42.5 Å². The highest BCUT2D eigenvalue weighted by molar-refractivity contribution is 6.02. The van der Waals surface area contributed by atoms with Crippen LogP contribution in [0.5, 0.6) is 0 Å². The summed E-state index contributed by atoms with van der Waals surface area (Å²) in [5.74, 6) is 0.208. The molecule has 3 nitrogen and oxygen atoms in total. The van der Waals surface area contributed by atoms with Gasteiger partial charge in [0.25, 0.3) is 5.91 Å². The van der Waals surface area contributed by atoms with Crippen LogP contribution in [0.3, 0.4) is 0 Å². The van der Waals surface area contributed by atoms with Crippen molar-refractivity contribution in [1.29, 1.82) is 0 Å². The Hall–Kier alpha value is -2.16. The monoisotopic (exact) mass is 240 g/mol. The number of anilines is 1. The lowest BCUT2D eigenvalue weighted by molar-refractivity contribution is 0.102. The van der Waals surface area contributed by atoms with Crippen LogP contribution in [0.2, 0.25) is 0 Å². The number of amides is 1. The molecule has 0 radical (unpaired) electrons. The molecule has 0 spiro atoms. The van der Waals surface area contributed by atoms with E-state index in [0.717, 1.165) is 11.3 Å². The number of pyridine rings is 1. The first-order valence-corrected chi connectivity index (χ1v) is 5.99. The van der Waals surface area contributed by atoms with Crippen LogP contribution in [0.4, 0.5) is 5.69 Å². The first kappa shape index (κ1) is 12.3. The van der Waals surface area contributed by atoms with Crippen LogP contribution in [0, 0.1) is 0 Å². The van der Waals surface area contributed by atoms with Gasteiger partial charge in [-0.1, -0.05) is 32.0 Å². The number of aromatic nitrogens is 1. The third kappa shape index (κ3) is 2.94. The molecule has 0 saturated carbocycles. The summed E-state index contributed by atoms with van der Waals surface area (Å²) in [5.41, 5.74) is 2.34. The molecule has 0 aliphatic rings. The first-order valence-electron chi connectivity index (χ1n) is 5.99. The van der Waals surface area contributed by atoms with Gasteiger partial charge in [0.2, 0.25) is 0 Å². The fourth-order valence-corrected chi connectivity index (χ4v) is 1.65. The predicted octanol–water partition coefficient (Wildman–Crippen LogP) is 3.46. The van der Waals surface area contributed by atoms with Crippen LogP contribution >= 0.6 is 0 Å². The number of nitrogens with one attached hydrogen (secondary N) is 1. The smallest absolute Gasteiger partial charge is 0.274 e. The second kappa shape index (κ2) is 5.45. The van der Waals surface area contributed by atoms with Gasteiger partial charge in [-0.05, 0) is 35.7 Å². The zero-order valence-corrected chi connectivity index (χ0v) is 10.6. The van der Waals surface area contributed by atoms with Crippen molar-refractivity contribution >= 4 is 11.6 Å². The Labute approximate surface area is 107 Å². The Kier molecular flexibility index (Phi) is 3.72. The molecule has 0 saturated heterocycles. The summed E-state index contributed by atoms with van der Waals surface area (Å²) in [5, 5.41) is 2.82. The average Bonchev–Trinajstić information content (AvgIpc) is 2.40. The molecular formula is C15H16N2O. The molecule has 1 aromatic carbocycles. The molecule has 92 valence electrons. The highest BCUT2D eigenvalue weighted by atomic mass is 16.1. The number of para-hydroxylation sites is 1. The van der Waals surface area contributed by atoms with Crippen molar-refractivity contribution in [3.05, 3.63) is 59.9 Å². The van der Waals surface area contributed by atoms with Gasteiger partial charge in [-0.25, -0.2) is 0 Å². The summed E-state index contributed by atoms with van der Waals surface area (Å²) in [7, 11) is 0. The highest BCUT2D eigenvalue weighted by Crippen LogP contribution is 2.15. The first-order chi connectivity index (χ1) is 8.66. The van der Waals surface area contributed by atoms with Crippen molar-refractivity contribution in [3.63, 3.8) is 0 Å². The fraction of sp³-hybridized carbons (Fsp3) is 0.200.